The number of aromatic hydroxyl groups is 1. The third-order valence-electron chi connectivity index (χ3n) is 8.23. The molecule has 1 aliphatic heterocycles. The van der Waals surface area contributed by atoms with Gasteiger partial charge in [0.2, 0.25) is 11.6 Å². The largest absolute Gasteiger partial charge is 0.504 e. The molecular weight excluding hydrogens is 601 g/mol. The summed E-state index contributed by atoms with van der Waals surface area (Å²) in [6.07, 6.45) is 8.16. The van der Waals surface area contributed by atoms with E-state index in [1.54, 1.807) is 42.0 Å². The van der Waals surface area contributed by atoms with Crippen LogP contribution >= 0.6 is 0 Å². The Bertz CT molecular complexity index is 1990. The Kier molecular flexibility index (Phi) is 9.10. The van der Waals surface area contributed by atoms with Crippen LogP contribution in [0, 0.1) is 12.4 Å². The van der Waals surface area contributed by atoms with E-state index in [0.717, 1.165) is 37.1 Å². The lowest BCUT2D eigenvalue weighted by Gasteiger charge is -2.34. The molecule has 1 saturated heterocycles. The van der Waals surface area contributed by atoms with Crippen LogP contribution in [0.15, 0.2) is 79.1 Å². The molecule has 11 nitrogen and oxygen atoms in total. The number of hydrogen-bond acceptors (Lipinski definition) is 8. The van der Waals surface area contributed by atoms with Crippen molar-refractivity contribution in [1.29, 1.82) is 0 Å². The quantitative estimate of drug-likeness (QED) is 0.0700. The highest BCUT2D eigenvalue weighted by Crippen LogP contribution is 2.40. The SMILES string of the molecule is [C-]#[N+]c1ccc(-c2nc(N3CCC(NCc4ccc(/C=C/C(=O)NO)cc4)CC3)n3ccnc3c2-c2ccc(OC)c(O)c2)cc1F. The van der Waals surface area contributed by atoms with Gasteiger partial charge in [-0.1, -0.05) is 42.5 Å². The van der Waals surface area contributed by atoms with Crippen LogP contribution in [0.25, 0.3) is 39.0 Å². The fourth-order valence-corrected chi connectivity index (χ4v) is 5.76. The normalized spacial score (nSPS) is 13.6. The maximum Gasteiger partial charge on any atom is 0.267 e. The first kappa shape index (κ1) is 31.2. The topological polar surface area (TPSA) is 129 Å². The third kappa shape index (κ3) is 6.62. The van der Waals surface area contributed by atoms with E-state index in [2.05, 4.69) is 20.0 Å². The number of amides is 1. The molecule has 1 fully saturated rings. The van der Waals surface area contributed by atoms with Crippen molar-refractivity contribution in [3.63, 3.8) is 0 Å². The number of benzene rings is 3. The average molecular weight is 634 g/mol. The van der Waals surface area contributed by atoms with Crippen LogP contribution in [0.1, 0.15) is 24.0 Å². The molecule has 12 heteroatoms. The van der Waals surface area contributed by atoms with E-state index in [1.807, 2.05) is 34.9 Å². The molecule has 0 saturated carbocycles. The number of nitrogens with zero attached hydrogens (tertiary/aromatic N) is 5. The molecule has 4 N–H and O–H groups in total. The number of phenolic OH excluding ortho intramolecular Hbond substituents is 1. The minimum absolute atomic E-state index is 0.0475. The number of phenols is 1. The standard InChI is InChI=1S/C35H32FN7O4/c1-37-28-10-8-25(19-27(28)36)33-32(24-9-11-30(47-2)29(44)20-24)34-38-15-18-43(34)35(40-33)42-16-13-26(14-17-42)39-21-23-5-3-22(4-6-23)7-12-31(45)41-46/h3-12,15,18-20,26,39,44,46H,13-14,16-17,21H2,2H3,(H,41,45)/b12-7+. The monoisotopic (exact) mass is 633 g/mol. The van der Waals surface area contributed by atoms with Crippen molar-refractivity contribution in [2.24, 2.45) is 0 Å². The van der Waals surface area contributed by atoms with Crippen molar-refractivity contribution in [1.82, 2.24) is 25.2 Å². The first-order valence-corrected chi connectivity index (χ1v) is 15.0. The van der Waals surface area contributed by atoms with E-state index in [-0.39, 0.29) is 17.5 Å². The lowest BCUT2D eigenvalue weighted by molar-refractivity contribution is -0.124. The molecule has 1 amide bonds. The van der Waals surface area contributed by atoms with Crippen LogP contribution < -0.4 is 20.4 Å². The molecule has 0 bridgehead atoms. The number of carbonyl (C=O) groups is 1. The van der Waals surface area contributed by atoms with Crippen molar-refractivity contribution in [3.8, 4) is 33.9 Å². The molecule has 6 rings (SSSR count). The minimum Gasteiger partial charge on any atom is -0.504 e. The zero-order chi connectivity index (χ0) is 32.9. The van der Waals surface area contributed by atoms with Gasteiger partial charge in [-0.25, -0.2) is 24.7 Å². The summed E-state index contributed by atoms with van der Waals surface area (Å²) in [7, 11) is 1.48. The fraction of sp³-hybridized carbons (Fsp3) is 0.200. The fourth-order valence-electron chi connectivity index (χ4n) is 5.76. The number of piperidine rings is 1. The summed E-state index contributed by atoms with van der Waals surface area (Å²) >= 11 is 0. The highest BCUT2D eigenvalue weighted by molar-refractivity contribution is 5.92. The van der Waals surface area contributed by atoms with Gasteiger partial charge in [-0.2, -0.15) is 0 Å². The van der Waals surface area contributed by atoms with E-state index in [4.69, 9.17) is 21.5 Å². The van der Waals surface area contributed by atoms with Gasteiger partial charge < -0.3 is 20.1 Å². The van der Waals surface area contributed by atoms with Crippen molar-refractivity contribution in [3.05, 3.63) is 107 Å². The van der Waals surface area contributed by atoms with Crippen LogP contribution in [-0.2, 0) is 11.3 Å². The number of carbonyl (C=O) groups excluding carboxylic acids is 1. The van der Waals surface area contributed by atoms with Gasteiger partial charge >= 0.3 is 0 Å². The first-order chi connectivity index (χ1) is 22.9. The van der Waals surface area contributed by atoms with E-state index < -0.39 is 11.7 Å². The number of halogens is 1. The Hall–Kier alpha value is -5.77. The lowest BCUT2D eigenvalue weighted by atomic mass is 9.99. The molecule has 3 heterocycles. The number of aromatic nitrogens is 3. The summed E-state index contributed by atoms with van der Waals surface area (Å²) in [6, 6.07) is 17.6. The number of hydroxylamine groups is 1. The molecule has 5 aromatic rings. The Morgan fingerprint density at radius 2 is 1.89 bits per heavy atom. The molecular formula is C35H32FN7O4. The van der Waals surface area contributed by atoms with Gasteiger partial charge in [0.15, 0.2) is 11.5 Å². The molecule has 0 atom stereocenters. The predicted molar refractivity (Wildman–Crippen MR) is 176 cm³/mol. The van der Waals surface area contributed by atoms with Gasteiger partial charge in [0.25, 0.3) is 5.91 Å². The molecule has 238 valence electrons. The summed E-state index contributed by atoms with van der Waals surface area (Å²) in [4.78, 5) is 26.4. The van der Waals surface area contributed by atoms with Gasteiger partial charge in [-0.3, -0.25) is 14.4 Å². The molecule has 1 aliphatic rings. The number of ether oxygens (including phenoxy) is 1. The second kappa shape index (κ2) is 13.7. The van der Waals surface area contributed by atoms with Gasteiger partial charge in [-0.15, -0.1) is 0 Å². The molecule has 3 aromatic carbocycles. The second-order valence-corrected chi connectivity index (χ2v) is 11.1. The van der Waals surface area contributed by atoms with Gasteiger partial charge in [0.05, 0.1) is 24.9 Å². The lowest BCUT2D eigenvalue weighted by Crippen LogP contribution is -2.43. The van der Waals surface area contributed by atoms with Crippen LogP contribution in [0.2, 0.25) is 0 Å². The molecule has 2 aromatic heterocycles. The van der Waals surface area contributed by atoms with E-state index >= 15 is 0 Å². The van der Waals surface area contributed by atoms with Crippen molar-refractivity contribution >= 4 is 29.3 Å². The smallest absolute Gasteiger partial charge is 0.267 e. The summed E-state index contributed by atoms with van der Waals surface area (Å²) in [5.41, 5.74) is 6.27. The Labute approximate surface area is 270 Å². The number of imidazole rings is 1. The third-order valence-corrected chi connectivity index (χ3v) is 8.23. The predicted octanol–water partition coefficient (Wildman–Crippen LogP) is 5.74. The summed E-state index contributed by atoms with van der Waals surface area (Å²) in [5.74, 6) is -0.282. The number of hydrogen-bond donors (Lipinski definition) is 4. The maximum absolute atomic E-state index is 14.9. The zero-order valence-electron chi connectivity index (χ0n) is 25.5. The summed E-state index contributed by atoms with van der Waals surface area (Å²) in [5, 5.41) is 22.9. The van der Waals surface area contributed by atoms with Crippen molar-refractivity contribution < 1.29 is 24.2 Å². The summed E-state index contributed by atoms with van der Waals surface area (Å²) in [6.45, 7) is 9.41. The maximum atomic E-state index is 14.9. The minimum atomic E-state index is -0.639. The van der Waals surface area contributed by atoms with Crippen LogP contribution in [0.3, 0.4) is 0 Å². The highest BCUT2D eigenvalue weighted by atomic mass is 19.1. The van der Waals surface area contributed by atoms with Crippen LogP contribution in [-0.4, -0.2) is 56.8 Å². The van der Waals surface area contributed by atoms with E-state index in [1.165, 1.54) is 25.3 Å². The first-order valence-electron chi connectivity index (χ1n) is 15.0. The molecule has 0 aliphatic carbocycles. The zero-order valence-corrected chi connectivity index (χ0v) is 25.5. The molecule has 0 radical (unpaired) electrons. The average Bonchev–Trinajstić information content (AvgIpc) is 3.59. The Balaban J connectivity index is 1.25. The van der Waals surface area contributed by atoms with E-state index in [9.17, 15) is 14.3 Å². The van der Waals surface area contributed by atoms with Gasteiger partial charge in [0.1, 0.15) is 11.5 Å². The van der Waals surface area contributed by atoms with Crippen LogP contribution in [0.5, 0.6) is 11.5 Å². The van der Waals surface area contributed by atoms with Gasteiger partial charge in [-0.05, 0) is 53.8 Å². The second-order valence-electron chi connectivity index (χ2n) is 11.1. The number of rotatable bonds is 9. The molecule has 0 unspecified atom stereocenters. The Morgan fingerprint density at radius 3 is 2.57 bits per heavy atom. The number of fused-ring (bicyclic) bond motifs is 1. The number of nitrogens with one attached hydrogen (secondary N) is 2. The van der Waals surface area contributed by atoms with E-state index in [0.29, 0.717) is 46.3 Å². The van der Waals surface area contributed by atoms with Crippen LogP contribution in [0.4, 0.5) is 16.0 Å². The van der Waals surface area contributed by atoms with Crippen molar-refractivity contribution in [2.45, 2.75) is 25.4 Å². The number of methoxy groups -OCH3 is 1. The van der Waals surface area contributed by atoms with Crippen molar-refractivity contribution in [2.75, 3.05) is 25.1 Å². The van der Waals surface area contributed by atoms with Gasteiger partial charge in [0, 0.05) is 49.7 Å². The summed E-state index contributed by atoms with van der Waals surface area (Å²) < 4.78 is 22.1. The number of anilines is 1. The Morgan fingerprint density at radius 1 is 1.13 bits per heavy atom. The highest BCUT2D eigenvalue weighted by Gasteiger charge is 2.26. The molecule has 47 heavy (non-hydrogen) atoms. The molecule has 0 spiro atoms.